The molecule has 0 fully saturated rings. The van der Waals surface area contributed by atoms with Gasteiger partial charge in [0.15, 0.2) is 5.78 Å². The molecule has 148 valence electrons. The molecule has 0 unspecified atom stereocenters. The third kappa shape index (κ3) is 5.23. The Balaban J connectivity index is 1.84. The van der Waals surface area contributed by atoms with Crippen molar-refractivity contribution in [1.29, 1.82) is 0 Å². The first-order valence-electron chi connectivity index (χ1n) is 9.75. The fraction of sp³-hybridized carbons (Fsp3) is 0.375. The van der Waals surface area contributed by atoms with E-state index in [1.807, 2.05) is 42.5 Å². The van der Waals surface area contributed by atoms with Gasteiger partial charge in [-0.2, -0.15) is 0 Å². The highest BCUT2D eigenvalue weighted by molar-refractivity contribution is 5.98. The molecule has 0 bridgehead atoms. The van der Waals surface area contributed by atoms with Crippen LogP contribution in [0, 0.1) is 5.41 Å². The van der Waals surface area contributed by atoms with Gasteiger partial charge in [-0.05, 0) is 36.6 Å². The van der Waals surface area contributed by atoms with Crippen LogP contribution in [0.1, 0.15) is 32.3 Å². The maximum Gasteiger partial charge on any atom is 0.162 e. The summed E-state index contributed by atoms with van der Waals surface area (Å²) in [7, 11) is 3.73. The van der Waals surface area contributed by atoms with E-state index < -0.39 is 0 Å². The molecule has 0 spiro atoms. The summed E-state index contributed by atoms with van der Waals surface area (Å²) in [6.07, 6.45) is 1.44. The first-order valence-corrected chi connectivity index (χ1v) is 9.75. The van der Waals surface area contributed by atoms with Crippen LogP contribution in [0.3, 0.4) is 0 Å². The van der Waals surface area contributed by atoms with Gasteiger partial charge in [-0.1, -0.05) is 50.2 Å². The normalized spacial score (nSPS) is 16.4. The minimum Gasteiger partial charge on any atom is -0.497 e. The molecule has 1 N–H and O–H groups in total. The Bertz CT molecular complexity index is 856. The molecular formula is C24H30N2O2. The van der Waals surface area contributed by atoms with Gasteiger partial charge in [0.25, 0.3) is 0 Å². The molecule has 0 saturated heterocycles. The van der Waals surface area contributed by atoms with E-state index in [1.54, 1.807) is 7.11 Å². The van der Waals surface area contributed by atoms with Crippen LogP contribution in [0.2, 0.25) is 0 Å². The number of nitrogens with one attached hydrogen (secondary N) is 1. The van der Waals surface area contributed by atoms with Crippen molar-refractivity contribution in [2.24, 2.45) is 5.41 Å². The second kappa shape index (κ2) is 8.61. The van der Waals surface area contributed by atoms with Gasteiger partial charge in [0.2, 0.25) is 0 Å². The summed E-state index contributed by atoms with van der Waals surface area (Å²) >= 11 is 0. The molecule has 1 aliphatic rings. The third-order valence-corrected chi connectivity index (χ3v) is 5.08. The van der Waals surface area contributed by atoms with Crippen LogP contribution in [0.25, 0.3) is 0 Å². The molecule has 0 atom stereocenters. The van der Waals surface area contributed by atoms with E-state index in [0.717, 1.165) is 35.7 Å². The molecule has 0 aromatic heterocycles. The molecule has 0 saturated carbocycles. The summed E-state index contributed by atoms with van der Waals surface area (Å²) in [5.74, 6) is 1.04. The Morgan fingerprint density at radius 3 is 2.50 bits per heavy atom. The van der Waals surface area contributed by atoms with Crippen molar-refractivity contribution < 1.29 is 9.53 Å². The number of ketones is 1. The Morgan fingerprint density at radius 2 is 1.79 bits per heavy atom. The fourth-order valence-electron chi connectivity index (χ4n) is 3.76. The van der Waals surface area contributed by atoms with Crippen molar-refractivity contribution in [2.75, 3.05) is 26.0 Å². The maximum absolute atomic E-state index is 13.0. The van der Waals surface area contributed by atoms with Crippen LogP contribution in [0.5, 0.6) is 5.75 Å². The van der Waals surface area contributed by atoms with Gasteiger partial charge in [0, 0.05) is 42.5 Å². The van der Waals surface area contributed by atoms with E-state index in [1.165, 1.54) is 5.56 Å². The number of methoxy groups -OCH3 is 1. The van der Waals surface area contributed by atoms with E-state index in [2.05, 4.69) is 43.2 Å². The summed E-state index contributed by atoms with van der Waals surface area (Å²) in [4.78, 5) is 15.2. The zero-order valence-electron chi connectivity index (χ0n) is 17.3. The lowest BCUT2D eigenvalue weighted by atomic mass is 9.75. The highest BCUT2D eigenvalue weighted by Crippen LogP contribution is 2.37. The number of carbonyl (C=O) groups is 1. The standard InChI is InChI=1S/C24H30N2O2/c1-24(2)14-22(25-19-11-8-12-20(13-19)28-4)21(23(27)15-24)17-26(3)16-18-9-6-5-7-10-18/h5-13,25H,14-17H2,1-4H3. The summed E-state index contributed by atoms with van der Waals surface area (Å²) < 4.78 is 5.33. The van der Waals surface area contributed by atoms with E-state index in [4.69, 9.17) is 4.74 Å². The average molecular weight is 379 g/mol. The molecule has 1 aliphatic carbocycles. The number of hydrogen-bond acceptors (Lipinski definition) is 4. The largest absolute Gasteiger partial charge is 0.497 e. The molecule has 4 heteroatoms. The molecule has 2 aromatic rings. The number of carbonyl (C=O) groups excluding carboxylic acids is 1. The van der Waals surface area contributed by atoms with E-state index >= 15 is 0 Å². The maximum atomic E-state index is 13.0. The van der Waals surface area contributed by atoms with Crippen LogP contribution in [-0.4, -0.2) is 31.4 Å². The number of nitrogens with zero attached hydrogens (tertiary/aromatic N) is 1. The number of likely N-dealkylation sites (N-methyl/N-ethyl adjacent to an activating group) is 1. The van der Waals surface area contributed by atoms with Crippen molar-refractivity contribution in [3.8, 4) is 5.75 Å². The Labute approximate surface area is 168 Å². The van der Waals surface area contributed by atoms with E-state index in [9.17, 15) is 4.79 Å². The van der Waals surface area contributed by atoms with Crippen LogP contribution < -0.4 is 10.1 Å². The highest BCUT2D eigenvalue weighted by atomic mass is 16.5. The number of rotatable bonds is 7. The number of Topliss-reactive ketones (excluding diaryl/α,β-unsaturated/α-hetero) is 1. The number of ether oxygens (including phenoxy) is 1. The number of allylic oxidation sites excluding steroid dienone is 1. The van der Waals surface area contributed by atoms with Crippen LogP contribution in [0.4, 0.5) is 5.69 Å². The van der Waals surface area contributed by atoms with Gasteiger partial charge >= 0.3 is 0 Å². The van der Waals surface area contributed by atoms with Crippen molar-refractivity contribution in [1.82, 2.24) is 4.90 Å². The fourth-order valence-corrected chi connectivity index (χ4v) is 3.76. The van der Waals surface area contributed by atoms with Gasteiger partial charge in [0.05, 0.1) is 7.11 Å². The molecule has 0 aliphatic heterocycles. The molecule has 3 rings (SSSR count). The monoisotopic (exact) mass is 378 g/mol. The van der Waals surface area contributed by atoms with Crippen molar-refractivity contribution >= 4 is 11.5 Å². The molecular weight excluding hydrogens is 348 g/mol. The Morgan fingerprint density at radius 1 is 1.04 bits per heavy atom. The molecule has 0 amide bonds. The molecule has 0 radical (unpaired) electrons. The predicted molar refractivity (Wildman–Crippen MR) is 114 cm³/mol. The van der Waals surface area contributed by atoms with Gasteiger partial charge in [-0.25, -0.2) is 0 Å². The number of benzene rings is 2. The highest BCUT2D eigenvalue weighted by Gasteiger charge is 2.33. The molecule has 4 nitrogen and oxygen atoms in total. The van der Waals surface area contributed by atoms with E-state index in [0.29, 0.717) is 13.0 Å². The number of anilines is 1. The minimum absolute atomic E-state index is 0.0419. The van der Waals surface area contributed by atoms with Crippen LogP contribution in [-0.2, 0) is 11.3 Å². The Kier molecular flexibility index (Phi) is 6.20. The lowest BCUT2D eigenvalue weighted by molar-refractivity contribution is -0.118. The van der Waals surface area contributed by atoms with Gasteiger partial charge in [0.1, 0.15) is 5.75 Å². The zero-order valence-corrected chi connectivity index (χ0v) is 17.3. The van der Waals surface area contributed by atoms with Crippen molar-refractivity contribution in [2.45, 2.75) is 33.2 Å². The molecule has 28 heavy (non-hydrogen) atoms. The lowest BCUT2D eigenvalue weighted by Gasteiger charge is -2.34. The zero-order chi connectivity index (χ0) is 20.1. The summed E-state index contributed by atoms with van der Waals surface area (Å²) in [6.45, 7) is 5.76. The first kappa shape index (κ1) is 20.2. The van der Waals surface area contributed by atoms with E-state index in [-0.39, 0.29) is 11.2 Å². The molecule has 0 heterocycles. The quantitative estimate of drug-likeness (QED) is 0.745. The summed E-state index contributed by atoms with van der Waals surface area (Å²) in [6, 6.07) is 18.2. The Hall–Kier alpha value is -2.59. The predicted octanol–water partition coefficient (Wildman–Crippen LogP) is 4.88. The van der Waals surface area contributed by atoms with Gasteiger partial charge < -0.3 is 10.1 Å². The summed E-state index contributed by atoms with van der Waals surface area (Å²) in [5, 5.41) is 3.51. The number of hydrogen-bond donors (Lipinski definition) is 1. The minimum atomic E-state index is -0.0419. The smallest absolute Gasteiger partial charge is 0.162 e. The third-order valence-electron chi connectivity index (χ3n) is 5.08. The first-order chi connectivity index (χ1) is 13.4. The van der Waals surface area contributed by atoms with Gasteiger partial charge in [-0.3, -0.25) is 9.69 Å². The van der Waals surface area contributed by atoms with Crippen LogP contribution >= 0.6 is 0 Å². The second-order valence-electron chi connectivity index (χ2n) is 8.41. The van der Waals surface area contributed by atoms with Crippen molar-refractivity contribution in [3.05, 3.63) is 71.4 Å². The van der Waals surface area contributed by atoms with Crippen LogP contribution in [0.15, 0.2) is 65.9 Å². The summed E-state index contributed by atoms with van der Waals surface area (Å²) in [5.41, 5.74) is 4.06. The topological polar surface area (TPSA) is 41.6 Å². The lowest BCUT2D eigenvalue weighted by Crippen LogP contribution is -2.33. The second-order valence-corrected chi connectivity index (χ2v) is 8.41. The SMILES string of the molecule is COc1cccc(NC2=C(CN(C)Cc3ccccc3)C(=O)CC(C)(C)C2)c1. The van der Waals surface area contributed by atoms with Gasteiger partial charge in [-0.15, -0.1) is 0 Å². The average Bonchev–Trinajstić information content (AvgIpc) is 2.65. The van der Waals surface area contributed by atoms with Crippen molar-refractivity contribution in [3.63, 3.8) is 0 Å². The molecule has 2 aromatic carbocycles.